The van der Waals surface area contributed by atoms with Crippen molar-refractivity contribution in [3.63, 3.8) is 0 Å². The molecule has 1 amide bonds. The van der Waals surface area contributed by atoms with Crippen LogP contribution in [-0.2, 0) is 0 Å². The highest BCUT2D eigenvalue weighted by Gasteiger charge is 2.29. The van der Waals surface area contributed by atoms with Crippen LogP contribution < -0.4 is 5.32 Å². The molecule has 1 N–H and O–H groups in total. The van der Waals surface area contributed by atoms with Gasteiger partial charge in [-0.25, -0.2) is 9.98 Å². The first-order chi connectivity index (χ1) is 9.43. The summed E-state index contributed by atoms with van der Waals surface area (Å²) in [5.41, 5.74) is 1.54. The number of aromatic nitrogens is 1. The third-order valence-corrected chi connectivity index (χ3v) is 3.57. The molecule has 0 saturated heterocycles. The Hall–Kier alpha value is -1.62. The molecule has 0 fully saturated rings. The van der Waals surface area contributed by atoms with Crippen LogP contribution in [0.15, 0.2) is 16.1 Å². The first kappa shape index (κ1) is 14.8. The number of nitrogens with one attached hydrogen (secondary N) is 1. The van der Waals surface area contributed by atoms with Gasteiger partial charge < -0.3 is 9.88 Å². The molecule has 0 aromatic carbocycles. The molecule has 0 saturated carbocycles. The number of aliphatic imine (C=N–C) groups is 2. The van der Waals surface area contributed by atoms with Crippen LogP contribution in [0.2, 0.25) is 0 Å². The molecular weight excluding hydrogens is 276 g/mol. The van der Waals surface area contributed by atoms with Crippen LogP contribution in [0.1, 0.15) is 42.4 Å². The molecule has 5 nitrogen and oxygen atoms in total. The van der Waals surface area contributed by atoms with Crippen molar-refractivity contribution < 1.29 is 4.79 Å². The molecule has 0 unspecified atom stereocenters. The summed E-state index contributed by atoms with van der Waals surface area (Å²) in [6.07, 6.45) is 0.961. The maximum Gasteiger partial charge on any atom is 0.268 e. The smallest absolute Gasteiger partial charge is 0.268 e. The fourth-order valence-electron chi connectivity index (χ4n) is 2.58. The number of aryl methyl sites for hydroxylation is 1. The normalized spacial score (nSPS) is 18.9. The number of nitrogens with zero attached hydrogens (tertiary/aromatic N) is 3. The fourth-order valence-corrected chi connectivity index (χ4v) is 2.66. The molecule has 2 heterocycles. The third-order valence-electron chi connectivity index (χ3n) is 3.36. The van der Waals surface area contributed by atoms with E-state index in [4.69, 9.17) is 11.6 Å². The zero-order valence-electron chi connectivity index (χ0n) is 12.0. The van der Waals surface area contributed by atoms with Crippen molar-refractivity contribution in [3.05, 3.63) is 17.3 Å². The summed E-state index contributed by atoms with van der Waals surface area (Å²) in [6.45, 7) is 10.2. The largest absolute Gasteiger partial charge is 0.349 e. The molecule has 1 aromatic rings. The van der Waals surface area contributed by atoms with Gasteiger partial charge in [0.1, 0.15) is 11.5 Å². The minimum Gasteiger partial charge on any atom is -0.349 e. The Labute approximate surface area is 123 Å². The topological polar surface area (TPSA) is 58.8 Å². The summed E-state index contributed by atoms with van der Waals surface area (Å²) in [7, 11) is 0. The van der Waals surface area contributed by atoms with E-state index >= 15 is 0 Å². The highest BCUT2D eigenvalue weighted by molar-refractivity contribution is 6.65. The van der Waals surface area contributed by atoms with Crippen molar-refractivity contribution in [1.29, 1.82) is 0 Å². The van der Waals surface area contributed by atoms with Crippen molar-refractivity contribution >= 4 is 35.3 Å². The van der Waals surface area contributed by atoms with Gasteiger partial charge in [0.05, 0.1) is 6.04 Å². The molecule has 2 rings (SSSR count). The van der Waals surface area contributed by atoms with Crippen LogP contribution in [0.4, 0.5) is 5.82 Å². The van der Waals surface area contributed by atoms with Gasteiger partial charge in [-0.05, 0) is 49.2 Å². The van der Waals surface area contributed by atoms with Gasteiger partial charge in [0.25, 0.3) is 5.91 Å². The number of hydrogen-bond acceptors (Lipinski definition) is 2. The van der Waals surface area contributed by atoms with Crippen molar-refractivity contribution in [2.75, 3.05) is 6.54 Å². The average molecular weight is 295 g/mol. The van der Waals surface area contributed by atoms with Crippen LogP contribution >= 0.6 is 11.6 Å². The molecule has 0 radical (unpaired) electrons. The van der Waals surface area contributed by atoms with E-state index in [9.17, 15) is 4.79 Å². The third kappa shape index (κ3) is 2.77. The Morgan fingerprint density at radius 1 is 1.65 bits per heavy atom. The molecule has 6 heteroatoms. The summed E-state index contributed by atoms with van der Waals surface area (Å²) in [5, 5.41) is 3.01. The first-order valence-electron chi connectivity index (χ1n) is 6.65. The average Bonchev–Trinajstić information content (AvgIpc) is 2.71. The molecule has 1 aromatic heterocycles. The standard InChI is InChI=1S/C14H19ClN4O/c1-8(2)5-10-7-17-13(20)11-6-9(3)12(19(10)11)18-14(15)16-4/h6,8,10H,4-5,7H2,1-3H3,(H,17,20)/t10-/m0/s1. The van der Waals surface area contributed by atoms with E-state index in [1.807, 2.05) is 17.6 Å². The van der Waals surface area contributed by atoms with Crippen LogP contribution in [-0.4, -0.2) is 29.0 Å². The van der Waals surface area contributed by atoms with Gasteiger partial charge in [-0.2, -0.15) is 0 Å². The number of carbonyl (C=O) groups excluding carboxylic acids is 1. The maximum absolute atomic E-state index is 12.0. The molecule has 20 heavy (non-hydrogen) atoms. The number of carbonyl (C=O) groups is 1. The number of fused-ring (bicyclic) bond motifs is 1. The molecule has 0 bridgehead atoms. The van der Waals surface area contributed by atoms with Crippen molar-refractivity contribution in [3.8, 4) is 0 Å². The monoisotopic (exact) mass is 294 g/mol. The number of rotatable bonds is 3. The molecule has 0 aliphatic carbocycles. The minimum atomic E-state index is -0.0720. The van der Waals surface area contributed by atoms with E-state index in [-0.39, 0.29) is 17.2 Å². The zero-order valence-corrected chi connectivity index (χ0v) is 12.7. The highest BCUT2D eigenvalue weighted by atomic mass is 35.5. The van der Waals surface area contributed by atoms with Crippen LogP contribution in [0.25, 0.3) is 0 Å². The van der Waals surface area contributed by atoms with Crippen molar-refractivity contribution in [2.45, 2.75) is 33.2 Å². The Bertz CT molecular complexity index is 574. The lowest BCUT2D eigenvalue weighted by molar-refractivity contribution is 0.0911. The lowest BCUT2D eigenvalue weighted by atomic mass is 10.0. The highest BCUT2D eigenvalue weighted by Crippen LogP contribution is 2.33. The number of halogens is 1. The van der Waals surface area contributed by atoms with Crippen LogP contribution in [0.5, 0.6) is 0 Å². The fraction of sp³-hybridized carbons (Fsp3) is 0.500. The van der Waals surface area contributed by atoms with Crippen molar-refractivity contribution in [1.82, 2.24) is 9.88 Å². The van der Waals surface area contributed by atoms with Crippen LogP contribution in [0, 0.1) is 12.8 Å². The van der Waals surface area contributed by atoms with Gasteiger partial charge in [-0.1, -0.05) is 13.8 Å². The van der Waals surface area contributed by atoms with E-state index in [2.05, 4.69) is 35.9 Å². The van der Waals surface area contributed by atoms with E-state index < -0.39 is 0 Å². The first-order valence-corrected chi connectivity index (χ1v) is 7.02. The van der Waals surface area contributed by atoms with Gasteiger partial charge in [-0.15, -0.1) is 0 Å². The van der Waals surface area contributed by atoms with E-state index in [1.165, 1.54) is 0 Å². The zero-order chi connectivity index (χ0) is 14.9. The number of amidine groups is 1. The second-order valence-electron chi connectivity index (χ2n) is 5.44. The Morgan fingerprint density at radius 2 is 2.35 bits per heavy atom. The van der Waals surface area contributed by atoms with Gasteiger partial charge >= 0.3 is 0 Å². The Morgan fingerprint density at radius 3 is 2.95 bits per heavy atom. The number of amides is 1. The molecule has 1 aliphatic heterocycles. The SMILES string of the molecule is C=NC(Cl)=Nc1c(C)cc2n1[C@@H](CC(C)C)CNC2=O. The minimum absolute atomic E-state index is 0.0720. The van der Waals surface area contributed by atoms with Gasteiger partial charge in [0.2, 0.25) is 5.29 Å². The lowest BCUT2D eigenvalue weighted by Crippen LogP contribution is -2.39. The van der Waals surface area contributed by atoms with Gasteiger partial charge in [-0.3, -0.25) is 4.79 Å². The van der Waals surface area contributed by atoms with Gasteiger partial charge in [0, 0.05) is 6.54 Å². The molecule has 0 spiro atoms. The second kappa shape index (κ2) is 5.79. The Balaban J connectivity index is 2.54. The maximum atomic E-state index is 12.0. The second-order valence-corrected chi connectivity index (χ2v) is 5.78. The summed E-state index contributed by atoms with van der Waals surface area (Å²) in [4.78, 5) is 19.9. The van der Waals surface area contributed by atoms with Gasteiger partial charge in [0.15, 0.2) is 0 Å². The summed E-state index contributed by atoms with van der Waals surface area (Å²) in [5.74, 6) is 1.14. The lowest BCUT2D eigenvalue weighted by Gasteiger charge is -2.28. The quantitative estimate of drug-likeness (QED) is 0.520. The van der Waals surface area contributed by atoms with Crippen molar-refractivity contribution in [2.24, 2.45) is 15.9 Å². The van der Waals surface area contributed by atoms with E-state index in [0.29, 0.717) is 24.0 Å². The molecular formula is C14H19ClN4O. The predicted octanol–water partition coefficient (Wildman–Crippen LogP) is 3.05. The molecule has 108 valence electrons. The summed E-state index contributed by atoms with van der Waals surface area (Å²) >= 11 is 5.87. The summed E-state index contributed by atoms with van der Waals surface area (Å²) in [6, 6.07) is 2.03. The molecule has 1 aliphatic rings. The predicted molar refractivity (Wildman–Crippen MR) is 82.5 cm³/mol. The molecule has 1 atom stereocenters. The van der Waals surface area contributed by atoms with Crippen LogP contribution in [0.3, 0.4) is 0 Å². The van der Waals surface area contributed by atoms with E-state index in [0.717, 1.165) is 12.0 Å². The Kier molecular flexibility index (Phi) is 4.28. The number of hydrogen-bond donors (Lipinski definition) is 1. The summed E-state index contributed by atoms with van der Waals surface area (Å²) < 4.78 is 1.97. The van der Waals surface area contributed by atoms with E-state index in [1.54, 1.807) is 0 Å².